The molecule has 9 nitrogen and oxygen atoms in total. The van der Waals surface area contributed by atoms with Gasteiger partial charge < -0.3 is 40.3 Å². The van der Waals surface area contributed by atoms with Gasteiger partial charge >= 0.3 is 0 Å². The average Bonchev–Trinajstić information content (AvgIpc) is 3.35. The molecule has 9 heteroatoms. The Balaban J connectivity index is 2.05. The van der Waals surface area contributed by atoms with Crippen molar-refractivity contribution in [3.8, 4) is 0 Å². The Hall–Kier alpha value is -1.59. The quantitative estimate of drug-likeness (QED) is 0.0261. The molecule has 1 saturated heterocycles. The van der Waals surface area contributed by atoms with Crippen molar-refractivity contribution in [2.75, 3.05) is 13.2 Å². The van der Waals surface area contributed by atoms with E-state index < -0.39 is 49.5 Å². The zero-order chi connectivity index (χ0) is 50.1. The first-order valence-corrected chi connectivity index (χ1v) is 29.7. The normalized spacial score (nSPS) is 19.7. The molecule has 0 spiro atoms. The van der Waals surface area contributed by atoms with Crippen molar-refractivity contribution in [3.63, 3.8) is 0 Å². The molecular weight excluding hydrogens is 863 g/mol. The first-order valence-electron chi connectivity index (χ1n) is 29.7. The van der Waals surface area contributed by atoms with Gasteiger partial charge in [0, 0.05) is 6.42 Å². The van der Waals surface area contributed by atoms with E-state index in [1.165, 1.54) is 225 Å². The number of unbranched alkanes of at least 4 members (excludes halogenated alkanes) is 37. The number of carbonyl (C=O) groups excluding carboxylic acids is 1. The molecule has 69 heavy (non-hydrogen) atoms. The molecular formula is C60H113NO8. The zero-order valence-corrected chi connectivity index (χ0v) is 45.1. The summed E-state index contributed by atoms with van der Waals surface area (Å²) in [6.45, 7) is 3.75. The summed E-state index contributed by atoms with van der Waals surface area (Å²) in [6.07, 6.45) is 58.3. The molecule has 1 fully saturated rings. The van der Waals surface area contributed by atoms with Gasteiger partial charge in [0.1, 0.15) is 24.4 Å². The third-order valence-electron chi connectivity index (χ3n) is 14.2. The Morgan fingerprint density at radius 2 is 0.826 bits per heavy atom. The molecule has 1 aliphatic rings. The number of amides is 1. The molecule has 7 atom stereocenters. The number of ether oxygens (including phenoxy) is 2. The molecule has 1 amide bonds. The van der Waals surface area contributed by atoms with E-state index in [4.69, 9.17) is 9.47 Å². The van der Waals surface area contributed by atoms with Crippen molar-refractivity contribution in [1.29, 1.82) is 0 Å². The number of aliphatic hydroxyl groups excluding tert-OH is 5. The van der Waals surface area contributed by atoms with E-state index in [0.29, 0.717) is 6.42 Å². The second kappa shape index (κ2) is 50.0. The zero-order valence-electron chi connectivity index (χ0n) is 45.1. The predicted molar refractivity (Wildman–Crippen MR) is 290 cm³/mol. The lowest BCUT2D eigenvalue weighted by molar-refractivity contribution is -0.302. The number of nitrogens with one attached hydrogen (secondary N) is 1. The standard InChI is InChI=1S/C60H113NO8/c1-3-5-7-9-11-13-15-16-17-18-19-20-21-22-23-24-25-26-27-28-29-30-31-32-33-34-35-36-37-38-40-42-44-46-48-50-56(64)61-53(52-68-60-59(67)58(66)57(65)55(51-62)69-60)54(63)49-47-45-43-41-39-14-12-10-8-6-4-2/h18-19,39,41,47,49,53-55,57-60,62-63,65-67H,3-17,20-38,40,42-46,48,50-52H2,1-2H3,(H,61,64)/b19-18-,41-39+,49-47+. The average molecular weight is 977 g/mol. The van der Waals surface area contributed by atoms with E-state index >= 15 is 0 Å². The van der Waals surface area contributed by atoms with Crippen LogP contribution in [0, 0.1) is 0 Å². The highest BCUT2D eigenvalue weighted by Crippen LogP contribution is 2.23. The van der Waals surface area contributed by atoms with Crippen molar-refractivity contribution in [2.45, 2.75) is 326 Å². The van der Waals surface area contributed by atoms with Gasteiger partial charge in [0.15, 0.2) is 6.29 Å². The maximum atomic E-state index is 13.0. The van der Waals surface area contributed by atoms with E-state index in [-0.39, 0.29) is 12.5 Å². The molecule has 0 bridgehead atoms. The van der Waals surface area contributed by atoms with Gasteiger partial charge in [0.05, 0.1) is 25.4 Å². The molecule has 1 rings (SSSR count). The molecule has 406 valence electrons. The second-order valence-electron chi connectivity index (χ2n) is 20.8. The van der Waals surface area contributed by atoms with Crippen LogP contribution in [0.1, 0.15) is 284 Å². The van der Waals surface area contributed by atoms with Gasteiger partial charge in [-0.1, -0.05) is 256 Å². The minimum Gasteiger partial charge on any atom is -0.394 e. The molecule has 7 unspecified atom stereocenters. The van der Waals surface area contributed by atoms with Crippen LogP contribution >= 0.6 is 0 Å². The van der Waals surface area contributed by atoms with E-state index in [1.807, 2.05) is 6.08 Å². The van der Waals surface area contributed by atoms with Crippen LogP contribution in [0.3, 0.4) is 0 Å². The second-order valence-corrected chi connectivity index (χ2v) is 20.8. The highest BCUT2D eigenvalue weighted by Gasteiger charge is 2.44. The summed E-state index contributed by atoms with van der Waals surface area (Å²) in [5.41, 5.74) is 0. The molecule has 6 N–H and O–H groups in total. The van der Waals surface area contributed by atoms with Crippen LogP contribution < -0.4 is 5.32 Å². The lowest BCUT2D eigenvalue weighted by Crippen LogP contribution is -2.60. The number of hydrogen-bond donors (Lipinski definition) is 6. The van der Waals surface area contributed by atoms with Gasteiger partial charge in [0.25, 0.3) is 0 Å². The Labute approximate surface area is 425 Å². The molecule has 0 radical (unpaired) electrons. The SMILES string of the molecule is CCCCCCC/C=C/CC/C=C/C(O)C(COC1OC(CO)C(O)C(O)C1O)NC(=O)CCCCCCCCCCCCCCCCCCCCCCCCC/C=C\CCCCCCCCCC. The van der Waals surface area contributed by atoms with Crippen LogP contribution in [0.2, 0.25) is 0 Å². The summed E-state index contributed by atoms with van der Waals surface area (Å²) in [7, 11) is 0. The number of hydrogen-bond acceptors (Lipinski definition) is 8. The highest BCUT2D eigenvalue weighted by atomic mass is 16.7. The summed E-state index contributed by atoms with van der Waals surface area (Å²) < 4.78 is 11.2. The van der Waals surface area contributed by atoms with E-state index in [2.05, 4.69) is 43.5 Å². The summed E-state index contributed by atoms with van der Waals surface area (Å²) in [4.78, 5) is 13.0. The van der Waals surface area contributed by atoms with Crippen molar-refractivity contribution >= 4 is 5.91 Å². The molecule has 0 aromatic heterocycles. The predicted octanol–water partition coefficient (Wildman–Crippen LogP) is 14.7. The van der Waals surface area contributed by atoms with Crippen LogP contribution in [0.4, 0.5) is 0 Å². The lowest BCUT2D eigenvalue weighted by atomic mass is 9.99. The molecule has 1 heterocycles. The summed E-state index contributed by atoms with van der Waals surface area (Å²) in [5.74, 6) is -0.184. The number of rotatable bonds is 51. The largest absolute Gasteiger partial charge is 0.394 e. The molecule has 1 aliphatic heterocycles. The smallest absolute Gasteiger partial charge is 0.220 e. The maximum absolute atomic E-state index is 13.0. The first-order chi connectivity index (χ1) is 33.8. The van der Waals surface area contributed by atoms with E-state index in [9.17, 15) is 30.3 Å². The third-order valence-corrected chi connectivity index (χ3v) is 14.2. The molecule has 0 aliphatic carbocycles. The molecule has 0 aromatic rings. The minimum atomic E-state index is -1.57. The fraction of sp³-hybridized carbons (Fsp3) is 0.883. The Bertz CT molecular complexity index is 1180. The summed E-state index contributed by atoms with van der Waals surface area (Å²) in [6, 6.07) is -0.818. The van der Waals surface area contributed by atoms with Crippen LogP contribution in [0.15, 0.2) is 36.5 Å². The van der Waals surface area contributed by atoms with Gasteiger partial charge in [-0.25, -0.2) is 0 Å². The number of carbonyl (C=O) groups is 1. The van der Waals surface area contributed by atoms with Crippen molar-refractivity contribution < 1.29 is 39.8 Å². The van der Waals surface area contributed by atoms with Crippen LogP contribution in [0.5, 0.6) is 0 Å². The summed E-state index contributed by atoms with van der Waals surface area (Å²) in [5, 5.41) is 54.3. The highest BCUT2D eigenvalue weighted by molar-refractivity contribution is 5.76. The van der Waals surface area contributed by atoms with E-state index in [1.54, 1.807) is 6.08 Å². The maximum Gasteiger partial charge on any atom is 0.220 e. The summed E-state index contributed by atoms with van der Waals surface area (Å²) >= 11 is 0. The lowest BCUT2D eigenvalue weighted by Gasteiger charge is -2.40. The molecule has 0 aromatic carbocycles. The molecule has 0 saturated carbocycles. The first kappa shape index (κ1) is 65.4. The number of aliphatic hydroxyl groups is 5. The van der Waals surface area contributed by atoms with Gasteiger partial charge in [-0.2, -0.15) is 0 Å². The minimum absolute atomic E-state index is 0.184. The monoisotopic (exact) mass is 976 g/mol. The topological polar surface area (TPSA) is 149 Å². The Morgan fingerprint density at radius 1 is 0.478 bits per heavy atom. The number of allylic oxidation sites excluding steroid dienone is 5. The Kier molecular flexibility index (Phi) is 47.4. The van der Waals surface area contributed by atoms with Crippen LogP contribution in [-0.4, -0.2) is 87.5 Å². The van der Waals surface area contributed by atoms with E-state index in [0.717, 1.165) is 38.5 Å². The van der Waals surface area contributed by atoms with Gasteiger partial charge in [-0.05, 0) is 57.8 Å². The fourth-order valence-electron chi connectivity index (χ4n) is 9.46. The Morgan fingerprint density at radius 3 is 1.22 bits per heavy atom. The third kappa shape index (κ3) is 39.6. The van der Waals surface area contributed by atoms with Gasteiger partial charge in [0.2, 0.25) is 5.91 Å². The van der Waals surface area contributed by atoms with Crippen molar-refractivity contribution in [1.82, 2.24) is 5.32 Å². The van der Waals surface area contributed by atoms with Crippen LogP contribution in [-0.2, 0) is 14.3 Å². The van der Waals surface area contributed by atoms with Gasteiger partial charge in [-0.15, -0.1) is 0 Å². The van der Waals surface area contributed by atoms with Crippen molar-refractivity contribution in [2.24, 2.45) is 0 Å². The van der Waals surface area contributed by atoms with Gasteiger partial charge in [-0.3, -0.25) is 4.79 Å². The van der Waals surface area contributed by atoms with Crippen LogP contribution in [0.25, 0.3) is 0 Å². The fourth-order valence-corrected chi connectivity index (χ4v) is 9.46. The van der Waals surface area contributed by atoms with Crippen molar-refractivity contribution in [3.05, 3.63) is 36.5 Å².